The number of piperazine rings is 1. The van der Waals surface area contributed by atoms with E-state index < -0.39 is 15.3 Å². The lowest BCUT2D eigenvalue weighted by molar-refractivity contribution is 0.0308. The lowest BCUT2D eigenvalue weighted by atomic mass is 9.98. The highest BCUT2D eigenvalue weighted by atomic mass is 32.2. The lowest BCUT2D eigenvalue weighted by Gasteiger charge is -2.41. The zero-order valence-electron chi connectivity index (χ0n) is 23.8. The predicted octanol–water partition coefficient (Wildman–Crippen LogP) is 4.50. The molecule has 5 rings (SSSR count). The van der Waals surface area contributed by atoms with Crippen molar-refractivity contribution in [3.63, 3.8) is 0 Å². The van der Waals surface area contributed by atoms with Crippen molar-refractivity contribution in [1.29, 1.82) is 0 Å². The number of benzene rings is 1. The average Bonchev–Trinajstić information content (AvgIpc) is 3.38. The Morgan fingerprint density at radius 1 is 0.895 bits per heavy atom. The number of piperidine rings is 1. The molecule has 3 aliphatic heterocycles. The number of rotatable bonds is 7. The van der Waals surface area contributed by atoms with Crippen molar-refractivity contribution < 1.29 is 17.9 Å². The molecule has 210 valence electrons. The van der Waals surface area contributed by atoms with Gasteiger partial charge in [-0.05, 0) is 91.5 Å². The molecule has 3 atom stereocenters. The summed E-state index contributed by atoms with van der Waals surface area (Å²) in [6, 6.07) is 10.1. The molecular weight excluding hydrogens is 500 g/mol. The van der Waals surface area contributed by atoms with E-state index in [9.17, 15) is 13.2 Å². The highest BCUT2D eigenvalue weighted by Gasteiger charge is 2.42. The van der Waals surface area contributed by atoms with E-state index in [1.165, 1.54) is 17.1 Å². The van der Waals surface area contributed by atoms with Gasteiger partial charge in [0, 0.05) is 61.2 Å². The van der Waals surface area contributed by atoms with Gasteiger partial charge in [0.05, 0.1) is 5.25 Å². The molecule has 0 spiro atoms. The first-order valence-electron chi connectivity index (χ1n) is 14.3. The monoisotopic (exact) mass is 544 g/mol. The molecule has 4 heterocycles. The van der Waals surface area contributed by atoms with Gasteiger partial charge in [0.15, 0.2) is 0 Å². The summed E-state index contributed by atoms with van der Waals surface area (Å²) in [4.78, 5) is 18.1. The van der Waals surface area contributed by atoms with Gasteiger partial charge < -0.3 is 14.2 Å². The quantitative estimate of drug-likeness (QED) is 0.513. The number of nitrogens with zero attached hydrogens (tertiary/aromatic N) is 4. The van der Waals surface area contributed by atoms with Crippen molar-refractivity contribution in [3.05, 3.63) is 30.0 Å². The van der Waals surface area contributed by atoms with Crippen LogP contribution >= 0.6 is 0 Å². The van der Waals surface area contributed by atoms with Crippen LogP contribution in [-0.4, -0.2) is 88.7 Å². The number of aromatic nitrogens is 1. The second kappa shape index (κ2) is 10.5. The molecule has 3 aliphatic rings. The van der Waals surface area contributed by atoms with Gasteiger partial charge in [0.1, 0.15) is 17.5 Å². The van der Waals surface area contributed by atoms with Crippen LogP contribution in [0.15, 0.2) is 24.3 Å². The minimum absolute atomic E-state index is 0.0448. The van der Waals surface area contributed by atoms with Gasteiger partial charge >= 0.3 is 0 Å². The Labute approximate surface area is 227 Å². The summed E-state index contributed by atoms with van der Waals surface area (Å²) in [5, 5.41) is 0.547. The van der Waals surface area contributed by atoms with Gasteiger partial charge in [-0.3, -0.25) is 9.69 Å². The van der Waals surface area contributed by atoms with Crippen molar-refractivity contribution in [1.82, 2.24) is 18.7 Å². The van der Waals surface area contributed by atoms with Crippen LogP contribution < -0.4 is 4.74 Å². The number of carbonyl (C=O) groups is 1. The van der Waals surface area contributed by atoms with Gasteiger partial charge in [-0.15, -0.1) is 0 Å². The maximum atomic E-state index is 13.7. The molecule has 8 nitrogen and oxygen atoms in total. The lowest BCUT2D eigenvalue weighted by Crippen LogP contribution is -2.52. The van der Waals surface area contributed by atoms with Crippen LogP contribution in [0.3, 0.4) is 0 Å². The van der Waals surface area contributed by atoms with Crippen LogP contribution in [0.1, 0.15) is 83.8 Å². The van der Waals surface area contributed by atoms with Crippen LogP contribution in [0.4, 0.5) is 0 Å². The summed E-state index contributed by atoms with van der Waals surface area (Å²) in [5.41, 5.74) is 1.67. The first-order chi connectivity index (χ1) is 18.0. The summed E-state index contributed by atoms with van der Waals surface area (Å²) in [6.45, 7) is 13.6. The van der Waals surface area contributed by atoms with Crippen LogP contribution in [-0.2, 0) is 10.0 Å². The minimum Gasteiger partial charge on any atom is -0.490 e. The Morgan fingerprint density at radius 2 is 1.53 bits per heavy atom. The summed E-state index contributed by atoms with van der Waals surface area (Å²) < 4.78 is 35.3. The molecule has 0 radical (unpaired) electrons. The number of ether oxygens (including phenoxy) is 1. The number of carbonyl (C=O) groups excluding carboxylic acids is 1. The molecule has 1 amide bonds. The first kappa shape index (κ1) is 27.5. The molecule has 0 unspecified atom stereocenters. The van der Waals surface area contributed by atoms with Crippen molar-refractivity contribution in [2.75, 3.05) is 26.2 Å². The van der Waals surface area contributed by atoms with E-state index in [4.69, 9.17) is 4.74 Å². The molecule has 2 bridgehead atoms. The molecule has 1 aromatic carbocycles. The predicted molar refractivity (Wildman–Crippen MR) is 151 cm³/mol. The molecule has 3 fully saturated rings. The van der Waals surface area contributed by atoms with E-state index in [2.05, 4.69) is 49.3 Å². The maximum absolute atomic E-state index is 13.7. The number of hydrogen-bond acceptors (Lipinski definition) is 5. The van der Waals surface area contributed by atoms with Gasteiger partial charge in [-0.2, -0.15) is 4.31 Å². The number of hydrogen-bond donors (Lipinski definition) is 0. The fraction of sp³-hybridized carbons (Fsp3) is 0.690. The third-order valence-corrected chi connectivity index (χ3v) is 10.9. The highest BCUT2D eigenvalue weighted by molar-refractivity contribution is 7.89. The molecule has 0 N–H and O–H groups in total. The Hall–Kier alpha value is -2.10. The van der Waals surface area contributed by atoms with Crippen molar-refractivity contribution in [2.24, 2.45) is 0 Å². The Balaban J connectivity index is 1.33. The summed E-state index contributed by atoms with van der Waals surface area (Å²) in [7, 11) is -3.31. The number of amides is 1. The molecule has 9 heteroatoms. The van der Waals surface area contributed by atoms with E-state index in [0.29, 0.717) is 50.0 Å². The van der Waals surface area contributed by atoms with Crippen molar-refractivity contribution >= 4 is 26.8 Å². The topological polar surface area (TPSA) is 75.1 Å². The fourth-order valence-corrected chi connectivity index (χ4v) is 8.18. The zero-order valence-corrected chi connectivity index (χ0v) is 24.6. The van der Waals surface area contributed by atoms with E-state index in [1.54, 1.807) is 18.7 Å². The van der Waals surface area contributed by atoms with E-state index >= 15 is 0 Å². The molecule has 38 heavy (non-hydrogen) atoms. The van der Waals surface area contributed by atoms with Crippen LogP contribution in [0.5, 0.6) is 5.75 Å². The van der Waals surface area contributed by atoms with E-state index in [-0.39, 0.29) is 18.1 Å². The molecule has 3 saturated heterocycles. The number of sulfonamides is 1. The maximum Gasteiger partial charge on any atom is 0.270 e. The van der Waals surface area contributed by atoms with Gasteiger partial charge in [-0.25, -0.2) is 8.42 Å². The molecular formula is C29H44N4O4S. The van der Waals surface area contributed by atoms with E-state index in [0.717, 1.165) is 29.5 Å². The fourth-order valence-electron chi connectivity index (χ4n) is 6.91. The minimum atomic E-state index is -3.31. The van der Waals surface area contributed by atoms with Gasteiger partial charge in [0.2, 0.25) is 10.0 Å². The highest BCUT2D eigenvalue weighted by Crippen LogP contribution is 2.39. The largest absolute Gasteiger partial charge is 0.490 e. The van der Waals surface area contributed by atoms with E-state index in [1.807, 2.05) is 12.1 Å². The van der Waals surface area contributed by atoms with Crippen molar-refractivity contribution in [2.45, 2.75) is 103 Å². The Bertz CT molecular complexity index is 1260. The smallest absolute Gasteiger partial charge is 0.270 e. The van der Waals surface area contributed by atoms with Crippen LogP contribution in [0.2, 0.25) is 0 Å². The molecule has 1 aromatic heterocycles. The Morgan fingerprint density at radius 3 is 2.08 bits per heavy atom. The summed E-state index contributed by atoms with van der Waals surface area (Å²) >= 11 is 0. The van der Waals surface area contributed by atoms with Gasteiger partial charge in [-0.1, -0.05) is 0 Å². The number of fused-ring (bicyclic) bond motifs is 3. The molecule has 2 aromatic rings. The molecule has 0 aliphatic carbocycles. The Kier molecular flexibility index (Phi) is 7.57. The third-order valence-electron chi connectivity index (χ3n) is 8.67. The van der Waals surface area contributed by atoms with Crippen molar-refractivity contribution in [3.8, 4) is 5.75 Å². The third kappa shape index (κ3) is 4.97. The first-order valence-corrected chi connectivity index (χ1v) is 15.8. The van der Waals surface area contributed by atoms with Crippen LogP contribution in [0, 0.1) is 0 Å². The molecule has 0 saturated carbocycles. The summed E-state index contributed by atoms with van der Waals surface area (Å²) in [6.07, 6.45) is 4.90. The average molecular weight is 545 g/mol. The van der Waals surface area contributed by atoms with Gasteiger partial charge in [0.25, 0.3) is 5.91 Å². The normalized spacial score (nSPS) is 25.3. The standard InChI is InChI=1S/C29H44N4O4S/c1-19(2)32-23-7-8-24(32)18-26(17-23)37-25-9-10-27-22(15-25)16-28(33(27)20(3)4)29(34)30-11-13-31(14-12-30)38(35,36)21(5)6/h9-10,15-16,19-21,23-24,26H,7-8,11-14,17-18H2,1-6H3/t23-,24+,26+. The SMILES string of the molecule is CC(C)N1[C@@H]2CC[C@H]1C[C@@H](Oc1ccc3c(c1)cc(C(=O)N1CCN(S(=O)(=O)C(C)C)CC1)n3C(C)C)C2. The second-order valence-corrected chi connectivity index (χ2v) is 14.6. The zero-order chi connectivity index (χ0) is 27.4. The summed E-state index contributed by atoms with van der Waals surface area (Å²) in [5.74, 6) is 0.823. The van der Waals surface area contributed by atoms with Crippen LogP contribution in [0.25, 0.3) is 10.9 Å². The second-order valence-electron chi connectivity index (χ2n) is 12.1.